The van der Waals surface area contributed by atoms with Crippen LogP contribution in [0.2, 0.25) is 0 Å². The topological polar surface area (TPSA) is 43.8 Å². The molecule has 2 N–H and O–H groups in total. The molecule has 2 aromatic rings. The average molecular weight is 277 g/mol. The van der Waals surface area contributed by atoms with Crippen LogP contribution in [0.25, 0.3) is 11.3 Å². The second-order valence-corrected chi connectivity index (χ2v) is 5.63. The number of anilines is 1. The lowest BCUT2D eigenvalue weighted by atomic mass is 9.95. The van der Waals surface area contributed by atoms with Crippen molar-refractivity contribution in [3.8, 4) is 11.3 Å². The van der Waals surface area contributed by atoms with Gasteiger partial charge < -0.3 is 10.3 Å². The predicted molar refractivity (Wildman–Crippen MR) is 74.2 cm³/mol. The van der Waals surface area contributed by atoms with Crippen molar-refractivity contribution in [1.82, 2.24) is 9.55 Å². The Morgan fingerprint density at radius 3 is 2.80 bits per heavy atom. The molecule has 1 aromatic heterocycles. The van der Waals surface area contributed by atoms with Gasteiger partial charge in [0, 0.05) is 18.0 Å². The van der Waals surface area contributed by atoms with Gasteiger partial charge in [0.25, 0.3) is 0 Å². The summed E-state index contributed by atoms with van der Waals surface area (Å²) in [6.07, 6.45) is 1.82. The molecule has 0 amide bonds. The highest BCUT2D eigenvalue weighted by molar-refractivity contribution is 5.71. The molecule has 0 bridgehead atoms. The first-order valence-corrected chi connectivity index (χ1v) is 6.80. The fourth-order valence-corrected chi connectivity index (χ4v) is 3.10. The maximum Gasteiger partial charge on any atom is 0.168 e. The SMILES string of the molecule is CC1Cc2nc(-c3cccc(F)c3F)c(N)n2C(C)C1. The molecule has 1 aliphatic heterocycles. The van der Waals surface area contributed by atoms with Crippen LogP contribution >= 0.6 is 0 Å². The number of hydrogen-bond donors (Lipinski definition) is 1. The molecule has 0 saturated carbocycles. The van der Waals surface area contributed by atoms with Gasteiger partial charge in [0.05, 0.1) is 0 Å². The normalized spacial score (nSPS) is 21.8. The quantitative estimate of drug-likeness (QED) is 0.866. The highest BCUT2D eigenvalue weighted by atomic mass is 19.2. The van der Waals surface area contributed by atoms with E-state index >= 15 is 0 Å². The second-order valence-electron chi connectivity index (χ2n) is 5.63. The summed E-state index contributed by atoms with van der Waals surface area (Å²) in [5.74, 6) is 0.0189. The van der Waals surface area contributed by atoms with Crippen LogP contribution in [0.4, 0.5) is 14.6 Å². The first-order chi connectivity index (χ1) is 9.49. The third kappa shape index (κ3) is 1.88. The molecular formula is C15H17F2N3. The van der Waals surface area contributed by atoms with E-state index in [4.69, 9.17) is 5.73 Å². The molecule has 2 atom stereocenters. The number of imidazole rings is 1. The average Bonchev–Trinajstić information content (AvgIpc) is 2.70. The number of aromatic nitrogens is 2. The molecule has 1 aromatic carbocycles. The van der Waals surface area contributed by atoms with Crippen LogP contribution in [0.1, 0.15) is 32.1 Å². The highest BCUT2D eigenvalue weighted by Crippen LogP contribution is 2.37. The largest absolute Gasteiger partial charge is 0.383 e. The molecule has 2 unspecified atom stereocenters. The molecule has 0 saturated heterocycles. The molecule has 0 fully saturated rings. The van der Waals surface area contributed by atoms with Crippen LogP contribution in [-0.2, 0) is 6.42 Å². The van der Waals surface area contributed by atoms with Gasteiger partial charge in [0.2, 0.25) is 0 Å². The van der Waals surface area contributed by atoms with Gasteiger partial charge in [-0.3, -0.25) is 0 Å². The van der Waals surface area contributed by atoms with E-state index < -0.39 is 11.6 Å². The number of hydrogen-bond acceptors (Lipinski definition) is 2. The minimum absolute atomic E-state index is 0.129. The molecule has 1 aliphatic rings. The van der Waals surface area contributed by atoms with Crippen molar-refractivity contribution in [3.05, 3.63) is 35.7 Å². The van der Waals surface area contributed by atoms with E-state index in [0.717, 1.165) is 24.7 Å². The van der Waals surface area contributed by atoms with Crippen molar-refractivity contribution in [1.29, 1.82) is 0 Å². The van der Waals surface area contributed by atoms with Gasteiger partial charge in [0.15, 0.2) is 11.6 Å². The van der Waals surface area contributed by atoms with Crippen LogP contribution in [0.5, 0.6) is 0 Å². The zero-order chi connectivity index (χ0) is 14.4. The minimum atomic E-state index is -0.893. The summed E-state index contributed by atoms with van der Waals surface area (Å²) in [5.41, 5.74) is 6.60. The van der Waals surface area contributed by atoms with E-state index in [2.05, 4.69) is 18.8 Å². The summed E-state index contributed by atoms with van der Waals surface area (Å²) in [5, 5.41) is 0. The Hall–Kier alpha value is -1.91. The van der Waals surface area contributed by atoms with Gasteiger partial charge in [0.1, 0.15) is 17.3 Å². The number of nitrogens with two attached hydrogens (primary N) is 1. The summed E-state index contributed by atoms with van der Waals surface area (Å²) < 4.78 is 29.2. The fraction of sp³-hybridized carbons (Fsp3) is 0.400. The maximum absolute atomic E-state index is 13.9. The Morgan fingerprint density at radius 1 is 1.30 bits per heavy atom. The van der Waals surface area contributed by atoms with Gasteiger partial charge in [-0.05, 0) is 31.4 Å². The maximum atomic E-state index is 13.9. The highest BCUT2D eigenvalue weighted by Gasteiger charge is 2.28. The zero-order valence-corrected chi connectivity index (χ0v) is 11.5. The number of fused-ring (bicyclic) bond motifs is 1. The van der Waals surface area contributed by atoms with E-state index in [1.165, 1.54) is 12.1 Å². The van der Waals surface area contributed by atoms with Gasteiger partial charge in [-0.1, -0.05) is 13.0 Å². The number of nitrogens with zero attached hydrogens (tertiary/aromatic N) is 2. The third-order valence-corrected chi connectivity index (χ3v) is 3.94. The van der Waals surface area contributed by atoms with Crippen molar-refractivity contribution in [3.63, 3.8) is 0 Å². The molecule has 0 spiro atoms. The van der Waals surface area contributed by atoms with Gasteiger partial charge in [-0.15, -0.1) is 0 Å². The van der Waals surface area contributed by atoms with Gasteiger partial charge in [-0.2, -0.15) is 0 Å². The summed E-state index contributed by atoms with van der Waals surface area (Å²) >= 11 is 0. The molecule has 2 heterocycles. The zero-order valence-electron chi connectivity index (χ0n) is 11.5. The van der Waals surface area contributed by atoms with E-state index in [-0.39, 0.29) is 11.6 Å². The molecule has 106 valence electrons. The standard InChI is InChI=1S/C15H17F2N3/c1-8-6-9(2)20-12(7-8)19-14(15(20)18)10-4-3-5-11(16)13(10)17/h3-5,8-9H,6-7,18H2,1-2H3. The Balaban J connectivity index is 2.17. The third-order valence-electron chi connectivity index (χ3n) is 3.94. The van der Waals surface area contributed by atoms with E-state index in [1.54, 1.807) is 0 Å². The van der Waals surface area contributed by atoms with Gasteiger partial charge >= 0.3 is 0 Å². The lowest BCUT2D eigenvalue weighted by Gasteiger charge is -2.27. The van der Waals surface area contributed by atoms with Crippen molar-refractivity contribution in [2.24, 2.45) is 5.92 Å². The first kappa shape index (κ1) is 13.1. The smallest absolute Gasteiger partial charge is 0.168 e. The molecule has 3 rings (SSSR count). The Labute approximate surface area is 116 Å². The summed E-state index contributed by atoms with van der Waals surface area (Å²) in [6.45, 7) is 4.23. The van der Waals surface area contributed by atoms with Crippen LogP contribution < -0.4 is 5.73 Å². The first-order valence-electron chi connectivity index (χ1n) is 6.80. The Kier molecular flexibility index (Phi) is 3.00. The van der Waals surface area contributed by atoms with Crippen LogP contribution in [0.3, 0.4) is 0 Å². The lowest BCUT2D eigenvalue weighted by Crippen LogP contribution is -2.22. The molecular weight excluding hydrogens is 260 g/mol. The van der Waals surface area contributed by atoms with E-state index in [9.17, 15) is 8.78 Å². The molecule has 0 radical (unpaired) electrons. The molecule has 3 nitrogen and oxygen atoms in total. The van der Waals surface area contributed by atoms with Crippen molar-refractivity contribution in [2.45, 2.75) is 32.7 Å². The second kappa shape index (κ2) is 4.58. The summed E-state index contributed by atoms with van der Waals surface area (Å²) in [7, 11) is 0. The lowest BCUT2D eigenvalue weighted by molar-refractivity contribution is 0.346. The number of halogens is 2. The predicted octanol–water partition coefficient (Wildman–Crippen LogP) is 3.55. The van der Waals surface area contributed by atoms with Crippen LogP contribution in [0.15, 0.2) is 18.2 Å². The number of benzene rings is 1. The Bertz CT molecular complexity index is 663. The minimum Gasteiger partial charge on any atom is -0.383 e. The van der Waals surface area contributed by atoms with E-state index in [1.807, 2.05) is 4.57 Å². The molecule has 0 aliphatic carbocycles. The fourth-order valence-electron chi connectivity index (χ4n) is 3.10. The van der Waals surface area contributed by atoms with Crippen molar-refractivity contribution in [2.75, 3.05) is 5.73 Å². The van der Waals surface area contributed by atoms with Crippen molar-refractivity contribution >= 4 is 5.82 Å². The van der Waals surface area contributed by atoms with Crippen molar-refractivity contribution < 1.29 is 8.78 Å². The van der Waals surface area contributed by atoms with Crippen LogP contribution in [0, 0.1) is 17.6 Å². The molecule has 5 heteroatoms. The Morgan fingerprint density at radius 2 is 2.05 bits per heavy atom. The summed E-state index contributed by atoms with van der Waals surface area (Å²) in [4.78, 5) is 4.45. The van der Waals surface area contributed by atoms with Gasteiger partial charge in [-0.25, -0.2) is 13.8 Å². The monoisotopic (exact) mass is 277 g/mol. The van der Waals surface area contributed by atoms with E-state index in [0.29, 0.717) is 17.4 Å². The summed E-state index contributed by atoms with van der Waals surface area (Å²) in [6, 6.07) is 4.30. The van der Waals surface area contributed by atoms with Crippen LogP contribution in [-0.4, -0.2) is 9.55 Å². The number of nitrogen functional groups attached to an aromatic ring is 1. The number of rotatable bonds is 1. The molecule has 20 heavy (non-hydrogen) atoms.